The lowest BCUT2D eigenvalue weighted by Crippen LogP contribution is -2.25. The highest BCUT2D eigenvalue weighted by Gasteiger charge is 2.44. The van der Waals surface area contributed by atoms with Gasteiger partial charge < -0.3 is 0 Å². The first-order valence-corrected chi connectivity index (χ1v) is 18.0. The van der Waals surface area contributed by atoms with Crippen molar-refractivity contribution in [2.45, 2.75) is 167 Å². The number of thiophene rings is 2. The van der Waals surface area contributed by atoms with Crippen LogP contribution in [0.5, 0.6) is 0 Å². The fraction of sp³-hybridized carbons (Fsp3) is 0.765. The Hall–Kier alpha value is -1.00. The summed E-state index contributed by atoms with van der Waals surface area (Å²) in [5.74, 6) is 0. The average molecular weight is 558 g/mol. The van der Waals surface area contributed by atoms with Gasteiger partial charge in [0.25, 0.3) is 0 Å². The third-order valence-corrected chi connectivity index (χ3v) is 11.0. The Labute approximate surface area is 242 Å². The first-order chi connectivity index (χ1) is 18.8. The Morgan fingerprint density at radius 3 is 1.58 bits per heavy atom. The van der Waals surface area contributed by atoms with Crippen LogP contribution in [0.1, 0.15) is 171 Å². The molecule has 0 bridgehead atoms. The molecule has 4 heteroatoms. The predicted octanol–water partition coefficient (Wildman–Crippen LogP) is 13.0. The summed E-state index contributed by atoms with van der Waals surface area (Å²) >= 11 is 3.74. The van der Waals surface area contributed by atoms with E-state index in [1.165, 1.54) is 157 Å². The van der Waals surface area contributed by atoms with Crippen molar-refractivity contribution < 1.29 is 0 Å². The van der Waals surface area contributed by atoms with Crippen LogP contribution in [0.4, 0.5) is 0 Å². The number of rotatable bonds is 24. The van der Waals surface area contributed by atoms with Crippen LogP contribution in [0.3, 0.4) is 0 Å². The smallest absolute Gasteiger partial charge is 0.115 e. The molecule has 0 spiro atoms. The van der Waals surface area contributed by atoms with Crippen LogP contribution < -0.4 is 0 Å². The zero-order valence-corrected chi connectivity index (χ0v) is 26.3. The molecule has 2 nitrogen and oxygen atoms in total. The number of unbranched alkanes of at least 4 members (excludes halogenated alkanes) is 18. The maximum Gasteiger partial charge on any atom is 0.115 e. The normalized spacial score (nSPS) is 13.6. The summed E-state index contributed by atoms with van der Waals surface area (Å²) in [4.78, 5) is 15.2. The largest absolute Gasteiger partial charge is 0.150 e. The monoisotopic (exact) mass is 557 g/mol. The summed E-state index contributed by atoms with van der Waals surface area (Å²) in [6.45, 7) is 4.92. The van der Waals surface area contributed by atoms with Gasteiger partial charge in [-0.25, -0.2) is 0 Å². The van der Waals surface area contributed by atoms with E-state index in [-0.39, 0.29) is 5.41 Å². The van der Waals surface area contributed by atoms with E-state index in [2.05, 4.69) is 36.5 Å². The maximum atomic E-state index is 11.1. The minimum atomic E-state index is 0.169. The van der Waals surface area contributed by atoms with Crippen LogP contribution in [-0.4, -0.2) is 0 Å². The molecule has 2 aromatic heterocycles. The molecule has 0 fully saturated rings. The topological polar surface area (TPSA) is 29.4 Å². The molecule has 0 saturated carbocycles. The minimum Gasteiger partial charge on any atom is -0.150 e. The van der Waals surface area contributed by atoms with E-state index in [1.807, 2.05) is 22.7 Å². The van der Waals surface area contributed by atoms with Crippen molar-refractivity contribution in [2.75, 3.05) is 0 Å². The van der Waals surface area contributed by atoms with E-state index in [0.29, 0.717) is 6.54 Å². The Morgan fingerprint density at radius 1 is 0.632 bits per heavy atom. The van der Waals surface area contributed by atoms with Gasteiger partial charge in [-0.15, -0.1) is 22.7 Å². The zero-order valence-electron chi connectivity index (χ0n) is 24.7. The number of hydrogen-bond donors (Lipinski definition) is 0. The molecule has 1 aliphatic carbocycles. The lowest BCUT2D eigenvalue weighted by molar-refractivity contribution is 0.397. The van der Waals surface area contributed by atoms with E-state index in [4.69, 9.17) is 0 Å². The van der Waals surface area contributed by atoms with Crippen molar-refractivity contribution in [3.05, 3.63) is 38.4 Å². The maximum absolute atomic E-state index is 11.1. The number of nitroso groups, excluding NO2 is 1. The fourth-order valence-electron chi connectivity index (χ4n) is 6.61. The predicted molar refractivity (Wildman–Crippen MR) is 171 cm³/mol. The first kappa shape index (κ1) is 31.5. The third kappa shape index (κ3) is 9.29. The van der Waals surface area contributed by atoms with Crippen LogP contribution in [0.15, 0.2) is 22.7 Å². The van der Waals surface area contributed by atoms with Gasteiger partial charge in [-0.3, -0.25) is 0 Å². The molecule has 0 amide bonds. The van der Waals surface area contributed by atoms with Crippen molar-refractivity contribution >= 4 is 22.7 Å². The minimum absolute atomic E-state index is 0.169. The lowest BCUT2D eigenvalue weighted by Gasteiger charge is -2.31. The van der Waals surface area contributed by atoms with Crippen LogP contribution >= 0.6 is 22.7 Å². The number of hydrogen-bond acceptors (Lipinski definition) is 4. The summed E-state index contributed by atoms with van der Waals surface area (Å²) in [6.07, 6.45) is 30.3. The highest BCUT2D eigenvalue weighted by Crippen LogP contribution is 2.58. The molecule has 0 N–H and O–H groups in total. The molecule has 0 atom stereocenters. The van der Waals surface area contributed by atoms with Crippen molar-refractivity contribution in [3.8, 4) is 9.75 Å². The quantitative estimate of drug-likeness (QED) is 0.0932. The second-order valence-corrected chi connectivity index (χ2v) is 13.9. The van der Waals surface area contributed by atoms with E-state index in [9.17, 15) is 4.91 Å². The molecule has 2 heterocycles. The van der Waals surface area contributed by atoms with Crippen LogP contribution in [-0.2, 0) is 12.0 Å². The number of nitrogens with zero attached hydrogens (tertiary/aromatic N) is 1. The Bertz CT molecular complexity index is 874. The Morgan fingerprint density at radius 2 is 1.11 bits per heavy atom. The summed E-state index contributed by atoms with van der Waals surface area (Å²) in [5.41, 5.74) is 3.30. The van der Waals surface area contributed by atoms with Crippen LogP contribution in [0.25, 0.3) is 9.75 Å². The molecular weight excluding hydrogens is 503 g/mol. The van der Waals surface area contributed by atoms with E-state index in [0.717, 1.165) is 4.88 Å². The lowest BCUT2D eigenvalue weighted by atomic mass is 9.71. The van der Waals surface area contributed by atoms with Gasteiger partial charge in [-0.05, 0) is 41.5 Å². The van der Waals surface area contributed by atoms with Gasteiger partial charge in [0, 0.05) is 20.0 Å². The average Bonchev–Trinajstić information content (AvgIpc) is 3.62. The number of fused-ring (bicyclic) bond motifs is 3. The summed E-state index contributed by atoms with van der Waals surface area (Å²) < 4.78 is 0. The van der Waals surface area contributed by atoms with Crippen molar-refractivity contribution in [1.29, 1.82) is 0 Å². The van der Waals surface area contributed by atoms with Gasteiger partial charge in [-0.1, -0.05) is 147 Å². The van der Waals surface area contributed by atoms with Gasteiger partial charge in [0.1, 0.15) is 6.54 Å². The standard InChI is InChI=1S/C34H55NOS2/c1-3-5-7-9-11-13-15-17-19-21-24-34(25-22-20-18-16-14-12-10-8-6-4-2)30-23-26-37-32(30)33-31(34)27-29(38-33)28-35-36/h23,26-27H,3-22,24-25,28H2,1-2H3. The van der Waals surface area contributed by atoms with Gasteiger partial charge in [0.2, 0.25) is 0 Å². The van der Waals surface area contributed by atoms with Crippen LogP contribution in [0, 0.1) is 4.91 Å². The van der Waals surface area contributed by atoms with E-state index in [1.54, 1.807) is 5.56 Å². The molecule has 3 rings (SSSR count). The molecule has 1 aliphatic rings. The molecule has 214 valence electrons. The molecule has 0 aromatic carbocycles. The van der Waals surface area contributed by atoms with E-state index >= 15 is 0 Å². The molecule has 0 saturated heterocycles. The molecule has 0 radical (unpaired) electrons. The Kier molecular flexibility index (Phi) is 15.2. The summed E-state index contributed by atoms with van der Waals surface area (Å²) in [6, 6.07) is 4.79. The summed E-state index contributed by atoms with van der Waals surface area (Å²) in [5, 5.41) is 5.53. The first-order valence-electron chi connectivity index (χ1n) is 16.3. The van der Waals surface area contributed by atoms with Crippen molar-refractivity contribution in [3.63, 3.8) is 0 Å². The summed E-state index contributed by atoms with van der Waals surface area (Å²) in [7, 11) is 0. The molecular formula is C34H55NOS2. The molecule has 38 heavy (non-hydrogen) atoms. The zero-order chi connectivity index (χ0) is 26.9. The second kappa shape index (κ2) is 18.4. The van der Waals surface area contributed by atoms with Crippen LogP contribution in [0.2, 0.25) is 0 Å². The molecule has 0 unspecified atom stereocenters. The molecule has 2 aromatic rings. The fourth-order valence-corrected chi connectivity index (χ4v) is 8.95. The second-order valence-electron chi connectivity index (χ2n) is 11.9. The highest BCUT2D eigenvalue weighted by molar-refractivity contribution is 7.21. The highest BCUT2D eigenvalue weighted by atomic mass is 32.1. The molecule has 0 aliphatic heterocycles. The van der Waals surface area contributed by atoms with E-state index < -0.39 is 0 Å². The van der Waals surface area contributed by atoms with Gasteiger partial charge in [0.05, 0.1) is 0 Å². The van der Waals surface area contributed by atoms with Crippen molar-refractivity contribution in [1.82, 2.24) is 0 Å². The van der Waals surface area contributed by atoms with Gasteiger partial charge >= 0.3 is 0 Å². The van der Waals surface area contributed by atoms with Crippen molar-refractivity contribution in [2.24, 2.45) is 5.18 Å². The third-order valence-electron chi connectivity index (χ3n) is 8.82. The van der Waals surface area contributed by atoms with Gasteiger partial charge in [-0.2, -0.15) is 4.91 Å². The SMILES string of the molecule is CCCCCCCCCCCCC1(CCCCCCCCCCCC)c2ccsc2-c2sc(CN=O)cc21. The van der Waals surface area contributed by atoms with Gasteiger partial charge in [0.15, 0.2) is 0 Å². The Balaban J connectivity index is 1.52.